The summed E-state index contributed by atoms with van der Waals surface area (Å²) in [4.78, 5) is 2.50. The van der Waals surface area contributed by atoms with Crippen molar-refractivity contribution in [2.24, 2.45) is 0 Å². The lowest BCUT2D eigenvalue weighted by molar-refractivity contribution is 0.108. The van der Waals surface area contributed by atoms with E-state index in [1.54, 1.807) is 0 Å². The molecular formula is C10H22N2O. The Balaban J connectivity index is 1.97. The average molecular weight is 186 g/mol. The molecule has 0 aromatic carbocycles. The highest BCUT2D eigenvalue weighted by Gasteiger charge is 2.20. The second-order valence-corrected chi connectivity index (χ2v) is 3.76. The Kier molecular flexibility index (Phi) is 5.35. The highest BCUT2D eigenvalue weighted by Crippen LogP contribution is 2.11. The highest BCUT2D eigenvalue weighted by atomic mass is 16.5. The molecule has 78 valence electrons. The molecule has 1 atom stereocenters. The number of hydrogen-bond acceptors (Lipinski definition) is 3. The normalized spacial score (nSPS) is 24.0. The van der Waals surface area contributed by atoms with Crippen molar-refractivity contribution in [3.05, 3.63) is 0 Å². The number of methoxy groups -OCH3 is 1. The third-order valence-electron chi connectivity index (χ3n) is 2.71. The average Bonchev–Trinajstić information content (AvgIpc) is 2.60. The van der Waals surface area contributed by atoms with Crippen LogP contribution in [0.25, 0.3) is 0 Å². The third-order valence-corrected chi connectivity index (χ3v) is 2.71. The topological polar surface area (TPSA) is 24.5 Å². The Bertz CT molecular complexity index is 130. The van der Waals surface area contributed by atoms with Crippen LogP contribution in [-0.2, 0) is 4.74 Å². The van der Waals surface area contributed by atoms with Crippen LogP contribution in [-0.4, -0.2) is 51.3 Å². The number of likely N-dealkylation sites (tertiary alicyclic amines) is 1. The van der Waals surface area contributed by atoms with E-state index in [4.69, 9.17) is 4.74 Å². The van der Waals surface area contributed by atoms with Gasteiger partial charge in [0.1, 0.15) is 0 Å². The first-order valence-electron chi connectivity index (χ1n) is 5.26. The molecule has 0 amide bonds. The molecule has 1 fully saturated rings. The molecule has 0 radical (unpaired) electrons. The van der Waals surface area contributed by atoms with Crippen molar-refractivity contribution in [3.63, 3.8) is 0 Å². The largest absolute Gasteiger partial charge is 0.380 e. The lowest BCUT2D eigenvalue weighted by Gasteiger charge is -2.14. The van der Waals surface area contributed by atoms with Crippen LogP contribution in [0.4, 0.5) is 0 Å². The molecule has 0 spiro atoms. The summed E-state index contributed by atoms with van der Waals surface area (Å²) in [7, 11) is 3.83. The lowest BCUT2D eigenvalue weighted by Crippen LogP contribution is -2.24. The molecule has 0 bridgehead atoms. The van der Waals surface area contributed by atoms with Gasteiger partial charge in [-0.1, -0.05) is 0 Å². The summed E-state index contributed by atoms with van der Waals surface area (Å²) in [6.45, 7) is 4.73. The fourth-order valence-electron chi connectivity index (χ4n) is 1.83. The van der Waals surface area contributed by atoms with E-state index in [1.807, 2.05) is 14.2 Å². The molecule has 3 heteroatoms. The molecule has 1 aliphatic rings. The standard InChI is InChI=1S/C10H22N2O/c1-11-6-3-4-7-12-8-5-10(9-12)13-2/h10-11H,3-9H2,1-2H3. The van der Waals surface area contributed by atoms with Crippen molar-refractivity contribution < 1.29 is 4.74 Å². The summed E-state index contributed by atoms with van der Waals surface area (Å²) in [6.07, 6.45) is 4.29. The van der Waals surface area contributed by atoms with E-state index < -0.39 is 0 Å². The maximum atomic E-state index is 5.31. The minimum absolute atomic E-state index is 0.490. The second-order valence-electron chi connectivity index (χ2n) is 3.76. The molecule has 0 saturated carbocycles. The molecule has 1 heterocycles. The number of nitrogens with one attached hydrogen (secondary N) is 1. The SMILES string of the molecule is CNCCCCN1CCC(OC)C1. The molecule has 1 saturated heterocycles. The van der Waals surface area contributed by atoms with Gasteiger partial charge in [-0.25, -0.2) is 0 Å². The van der Waals surface area contributed by atoms with Crippen molar-refractivity contribution in [3.8, 4) is 0 Å². The smallest absolute Gasteiger partial charge is 0.0710 e. The Morgan fingerprint density at radius 3 is 2.92 bits per heavy atom. The van der Waals surface area contributed by atoms with Crippen LogP contribution in [0.1, 0.15) is 19.3 Å². The molecule has 1 aliphatic heterocycles. The first kappa shape index (κ1) is 11.0. The van der Waals surface area contributed by atoms with Gasteiger partial charge in [-0.3, -0.25) is 0 Å². The fourth-order valence-corrected chi connectivity index (χ4v) is 1.83. The van der Waals surface area contributed by atoms with Crippen molar-refractivity contribution in [1.82, 2.24) is 10.2 Å². The van der Waals surface area contributed by atoms with Crippen LogP contribution in [0.2, 0.25) is 0 Å². The summed E-state index contributed by atoms with van der Waals surface area (Å²) in [6, 6.07) is 0. The minimum Gasteiger partial charge on any atom is -0.380 e. The number of rotatable bonds is 6. The minimum atomic E-state index is 0.490. The van der Waals surface area contributed by atoms with E-state index in [0.29, 0.717) is 6.10 Å². The second kappa shape index (κ2) is 6.35. The summed E-state index contributed by atoms with van der Waals surface area (Å²) >= 11 is 0. The molecule has 13 heavy (non-hydrogen) atoms. The molecule has 1 unspecified atom stereocenters. The third kappa shape index (κ3) is 4.07. The van der Waals surface area contributed by atoms with E-state index in [2.05, 4.69) is 10.2 Å². The number of ether oxygens (including phenoxy) is 1. The fraction of sp³-hybridized carbons (Fsp3) is 1.00. The Morgan fingerprint density at radius 2 is 2.31 bits per heavy atom. The van der Waals surface area contributed by atoms with Gasteiger partial charge >= 0.3 is 0 Å². The zero-order valence-corrected chi connectivity index (χ0v) is 8.88. The monoisotopic (exact) mass is 186 g/mol. The zero-order chi connectivity index (χ0) is 9.52. The Hall–Kier alpha value is -0.120. The quantitative estimate of drug-likeness (QED) is 0.618. The molecule has 3 nitrogen and oxygen atoms in total. The Labute approximate surface area is 81.4 Å². The van der Waals surface area contributed by atoms with Crippen LogP contribution in [0.5, 0.6) is 0 Å². The van der Waals surface area contributed by atoms with E-state index in [-0.39, 0.29) is 0 Å². The molecule has 0 aliphatic carbocycles. The molecule has 1 rings (SSSR count). The number of unbranched alkanes of at least 4 members (excludes halogenated alkanes) is 1. The van der Waals surface area contributed by atoms with E-state index in [1.165, 1.54) is 32.4 Å². The Morgan fingerprint density at radius 1 is 1.46 bits per heavy atom. The van der Waals surface area contributed by atoms with Crippen LogP contribution in [0.3, 0.4) is 0 Å². The summed E-state index contributed by atoms with van der Waals surface area (Å²) in [5.74, 6) is 0. The van der Waals surface area contributed by atoms with Crippen LogP contribution >= 0.6 is 0 Å². The number of nitrogens with zero attached hydrogens (tertiary/aromatic N) is 1. The van der Waals surface area contributed by atoms with Gasteiger partial charge in [0.05, 0.1) is 6.10 Å². The van der Waals surface area contributed by atoms with E-state index >= 15 is 0 Å². The van der Waals surface area contributed by atoms with Gasteiger partial charge in [0.15, 0.2) is 0 Å². The lowest BCUT2D eigenvalue weighted by atomic mass is 10.3. The predicted octanol–water partition coefficient (Wildman–Crippen LogP) is 0.707. The van der Waals surface area contributed by atoms with Crippen LogP contribution < -0.4 is 5.32 Å². The highest BCUT2D eigenvalue weighted by molar-refractivity contribution is 4.75. The zero-order valence-electron chi connectivity index (χ0n) is 8.88. The van der Waals surface area contributed by atoms with Gasteiger partial charge in [-0.05, 0) is 39.4 Å². The summed E-state index contributed by atoms with van der Waals surface area (Å²) < 4.78 is 5.31. The van der Waals surface area contributed by atoms with Crippen LogP contribution in [0.15, 0.2) is 0 Å². The van der Waals surface area contributed by atoms with Crippen molar-refractivity contribution in [2.45, 2.75) is 25.4 Å². The maximum absolute atomic E-state index is 5.31. The molecule has 0 aromatic rings. The van der Waals surface area contributed by atoms with Crippen molar-refractivity contribution in [2.75, 3.05) is 40.3 Å². The van der Waals surface area contributed by atoms with E-state index in [9.17, 15) is 0 Å². The van der Waals surface area contributed by atoms with Gasteiger partial charge in [0.2, 0.25) is 0 Å². The van der Waals surface area contributed by atoms with Gasteiger partial charge in [-0.15, -0.1) is 0 Å². The van der Waals surface area contributed by atoms with Crippen molar-refractivity contribution in [1.29, 1.82) is 0 Å². The van der Waals surface area contributed by atoms with Gasteiger partial charge in [-0.2, -0.15) is 0 Å². The molecule has 0 aromatic heterocycles. The predicted molar refractivity (Wildman–Crippen MR) is 55.0 cm³/mol. The van der Waals surface area contributed by atoms with E-state index in [0.717, 1.165) is 13.1 Å². The summed E-state index contributed by atoms with van der Waals surface area (Å²) in [5, 5.41) is 3.17. The summed E-state index contributed by atoms with van der Waals surface area (Å²) in [5.41, 5.74) is 0. The number of hydrogen-bond donors (Lipinski definition) is 1. The maximum Gasteiger partial charge on any atom is 0.0710 e. The van der Waals surface area contributed by atoms with Crippen LogP contribution in [0, 0.1) is 0 Å². The van der Waals surface area contributed by atoms with Gasteiger partial charge < -0.3 is 15.0 Å². The molecular weight excluding hydrogens is 164 g/mol. The van der Waals surface area contributed by atoms with Gasteiger partial charge in [0, 0.05) is 20.2 Å². The van der Waals surface area contributed by atoms with Gasteiger partial charge in [0.25, 0.3) is 0 Å². The first-order chi connectivity index (χ1) is 6.36. The molecule has 1 N–H and O–H groups in total. The van der Waals surface area contributed by atoms with Crippen molar-refractivity contribution >= 4 is 0 Å². The first-order valence-corrected chi connectivity index (χ1v) is 5.26.